The van der Waals surface area contributed by atoms with E-state index in [2.05, 4.69) is 0 Å². The van der Waals surface area contributed by atoms with Crippen LogP contribution in [-0.4, -0.2) is 38.3 Å². The highest BCUT2D eigenvalue weighted by molar-refractivity contribution is 5.02. The zero-order chi connectivity index (χ0) is 13.5. The number of hydrogen-bond donors (Lipinski definition) is 3. The van der Waals surface area contributed by atoms with E-state index in [0.29, 0.717) is 0 Å². The summed E-state index contributed by atoms with van der Waals surface area (Å²) in [6, 6.07) is 0. The van der Waals surface area contributed by atoms with Crippen molar-refractivity contribution in [2.75, 3.05) is 6.61 Å². The lowest BCUT2D eigenvalue weighted by Gasteiger charge is -2.20. The van der Waals surface area contributed by atoms with E-state index >= 15 is 0 Å². The molecule has 100 valence electrons. The van der Waals surface area contributed by atoms with Gasteiger partial charge < -0.3 is 14.9 Å². The molecule has 7 nitrogen and oxygen atoms in total. The van der Waals surface area contributed by atoms with E-state index in [4.69, 9.17) is 9.84 Å². The van der Waals surface area contributed by atoms with Crippen molar-refractivity contribution in [1.29, 1.82) is 0 Å². The summed E-state index contributed by atoms with van der Waals surface area (Å²) < 4.78 is 19.6. The average molecular weight is 260 g/mol. The molecule has 1 aliphatic rings. The van der Waals surface area contributed by atoms with E-state index in [-0.39, 0.29) is 12.0 Å². The van der Waals surface area contributed by atoms with Crippen LogP contribution >= 0.6 is 0 Å². The number of H-pyrrole nitrogens is 1. The molecule has 0 aromatic carbocycles. The van der Waals surface area contributed by atoms with E-state index < -0.39 is 36.0 Å². The number of halogens is 1. The molecule has 8 heteroatoms. The Morgan fingerprint density at radius 3 is 2.89 bits per heavy atom. The van der Waals surface area contributed by atoms with Crippen LogP contribution in [0.15, 0.2) is 15.8 Å². The van der Waals surface area contributed by atoms with Crippen molar-refractivity contribution in [1.82, 2.24) is 9.55 Å². The lowest BCUT2D eigenvalue weighted by Crippen LogP contribution is -2.38. The molecule has 1 saturated heterocycles. The Labute approximate surface area is 100 Å². The van der Waals surface area contributed by atoms with Crippen molar-refractivity contribution in [2.24, 2.45) is 0 Å². The second kappa shape index (κ2) is 4.30. The maximum atomic E-state index is 13.8. The number of aliphatic hydroxyl groups excluding tert-OH is 2. The first-order chi connectivity index (χ1) is 8.37. The zero-order valence-electron chi connectivity index (χ0n) is 9.59. The number of aromatic amines is 1. The van der Waals surface area contributed by atoms with Gasteiger partial charge in [-0.15, -0.1) is 0 Å². The van der Waals surface area contributed by atoms with Gasteiger partial charge in [0.2, 0.25) is 0 Å². The fourth-order valence-electron chi connectivity index (χ4n) is 1.83. The van der Waals surface area contributed by atoms with E-state index in [1.165, 1.54) is 13.1 Å². The molecule has 1 fully saturated rings. The molecule has 0 bridgehead atoms. The van der Waals surface area contributed by atoms with Crippen LogP contribution in [0.25, 0.3) is 0 Å². The zero-order valence-corrected chi connectivity index (χ0v) is 9.59. The minimum absolute atomic E-state index is 0.192. The quantitative estimate of drug-likeness (QED) is 0.618. The van der Waals surface area contributed by atoms with Gasteiger partial charge in [-0.3, -0.25) is 14.3 Å². The average Bonchev–Trinajstić information content (AvgIpc) is 2.61. The number of ether oxygens (including phenoxy) is 1. The van der Waals surface area contributed by atoms with Crippen molar-refractivity contribution < 1.29 is 19.3 Å². The number of alkyl halides is 1. The first-order valence-electron chi connectivity index (χ1n) is 5.35. The first kappa shape index (κ1) is 12.9. The predicted molar refractivity (Wildman–Crippen MR) is 57.7 cm³/mol. The normalized spacial score (nSPS) is 31.8. The molecular weight excluding hydrogens is 247 g/mol. The third kappa shape index (κ3) is 1.98. The van der Waals surface area contributed by atoms with Crippen LogP contribution in [0.1, 0.15) is 18.2 Å². The molecule has 0 amide bonds. The van der Waals surface area contributed by atoms with Crippen molar-refractivity contribution in [3.05, 3.63) is 32.6 Å². The summed E-state index contributed by atoms with van der Waals surface area (Å²) in [5, 5.41) is 18.3. The van der Waals surface area contributed by atoms with Crippen LogP contribution < -0.4 is 11.2 Å². The van der Waals surface area contributed by atoms with Crippen LogP contribution in [0.3, 0.4) is 0 Å². The number of nitrogens with one attached hydrogen (secondary N) is 1. The van der Waals surface area contributed by atoms with E-state index in [1.54, 1.807) is 0 Å². The van der Waals surface area contributed by atoms with Gasteiger partial charge in [0.25, 0.3) is 11.4 Å². The van der Waals surface area contributed by atoms with E-state index in [1.807, 2.05) is 4.98 Å². The molecule has 1 aliphatic heterocycles. The Hall–Kier alpha value is -1.51. The summed E-state index contributed by atoms with van der Waals surface area (Å²) >= 11 is 0. The molecule has 2 rings (SSSR count). The van der Waals surface area contributed by atoms with E-state index in [9.17, 15) is 19.1 Å². The summed E-state index contributed by atoms with van der Waals surface area (Å²) in [5.74, 6) is -2.59. The van der Waals surface area contributed by atoms with Crippen molar-refractivity contribution in [3.8, 4) is 0 Å². The monoisotopic (exact) mass is 260 g/mol. The maximum absolute atomic E-state index is 13.8. The van der Waals surface area contributed by atoms with Gasteiger partial charge in [-0.05, 0) is 6.92 Å². The highest BCUT2D eigenvalue weighted by Gasteiger charge is 2.49. The van der Waals surface area contributed by atoms with Gasteiger partial charge in [0.05, 0.1) is 0 Å². The topological polar surface area (TPSA) is 105 Å². The Morgan fingerprint density at radius 2 is 2.33 bits per heavy atom. The molecule has 18 heavy (non-hydrogen) atoms. The summed E-state index contributed by atoms with van der Waals surface area (Å²) in [6.45, 7) is 0.469. The molecule has 0 radical (unpaired) electrons. The number of hydrogen-bond acceptors (Lipinski definition) is 5. The minimum atomic E-state index is -2.59. The second-order valence-electron chi connectivity index (χ2n) is 4.25. The van der Waals surface area contributed by atoms with Gasteiger partial charge in [-0.25, -0.2) is 9.18 Å². The first-order valence-corrected chi connectivity index (χ1v) is 5.35. The van der Waals surface area contributed by atoms with Gasteiger partial charge in [0, 0.05) is 18.2 Å². The molecular formula is C10H13FN2O5. The Bertz CT molecular complexity index is 568. The van der Waals surface area contributed by atoms with Crippen molar-refractivity contribution in [2.45, 2.75) is 31.5 Å². The number of rotatable bonds is 2. The Balaban J connectivity index is 2.38. The van der Waals surface area contributed by atoms with E-state index in [0.717, 1.165) is 4.57 Å². The molecule has 0 unspecified atom stereocenters. The number of aliphatic hydroxyl groups is 2. The van der Waals surface area contributed by atoms with Gasteiger partial charge in [-0.1, -0.05) is 0 Å². The van der Waals surface area contributed by atoms with Crippen LogP contribution in [0.5, 0.6) is 0 Å². The molecule has 1 aromatic heterocycles. The highest BCUT2D eigenvalue weighted by Crippen LogP contribution is 2.36. The van der Waals surface area contributed by atoms with Crippen molar-refractivity contribution >= 4 is 0 Å². The third-order valence-corrected chi connectivity index (χ3v) is 2.93. The summed E-state index contributed by atoms with van der Waals surface area (Å²) in [4.78, 5) is 24.8. The van der Waals surface area contributed by atoms with Gasteiger partial charge >= 0.3 is 5.69 Å². The SMILES string of the molecule is Cc1cn([C@H]2C[C@H](O)[C@](F)(CO)O2)c(=O)[nH]c1=O. The lowest BCUT2D eigenvalue weighted by molar-refractivity contribution is -0.207. The summed E-state index contributed by atoms with van der Waals surface area (Å²) in [6.07, 6.45) is -1.57. The Morgan fingerprint density at radius 1 is 1.67 bits per heavy atom. The van der Waals surface area contributed by atoms with Crippen LogP contribution in [0.4, 0.5) is 4.39 Å². The molecule has 1 aromatic rings. The Kier molecular flexibility index (Phi) is 3.09. The third-order valence-electron chi connectivity index (χ3n) is 2.93. The number of aryl methyl sites for hydroxylation is 1. The molecule has 0 spiro atoms. The van der Waals surface area contributed by atoms with Crippen LogP contribution in [-0.2, 0) is 4.74 Å². The highest BCUT2D eigenvalue weighted by atomic mass is 19.2. The number of aromatic nitrogens is 2. The van der Waals surface area contributed by atoms with Crippen molar-refractivity contribution in [3.63, 3.8) is 0 Å². The molecule has 0 saturated carbocycles. The maximum Gasteiger partial charge on any atom is 0.330 e. The van der Waals surface area contributed by atoms with Gasteiger partial charge in [-0.2, -0.15) is 0 Å². The second-order valence-corrected chi connectivity index (χ2v) is 4.25. The number of nitrogens with zero attached hydrogens (tertiary/aromatic N) is 1. The van der Waals surface area contributed by atoms with Gasteiger partial charge in [0.1, 0.15) is 18.9 Å². The molecule has 3 N–H and O–H groups in total. The van der Waals surface area contributed by atoms with Crippen LogP contribution in [0, 0.1) is 6.92 Å². The minimum Gasteiger partial charge on any atom is -0.390 e. The summed E-state index contributed by atoms with van der Waals surface area (Å²) in [5.41, 5.74) is -1.04. The predicted octanol–water partition coefficient (Wildman–Crippen LogP) is -1.22. The fraction of sp³-hybridized carbons (Fsp3) is 0.600. The standard InChI is InChI=1S/C10H13FN2O5/c1-5-3-13(9(17)12-8(5)16)7-2-6(15)10(11,4-14)18-7/h3,6-7,14-15H,2,4H2,1H3,(H,12,16,17)/t6-,7+,10-/m0/s1. The van der Waals surface area contributed by atoms with Crippen LogP contribution in [0.2, 0.25) is 0 Å². The summed E-state index contributed by atoms with van der Waals surface area (Å²) in [7, 11) is 0. The largest absolute Gasteiger partial charge is 0.390 e. The lowest BCUT2D eigenvalue weighted by atomic mass is 10.1. The smallest absolute Gasteiger partial charge is 0.330 e. The molecule has 0 aliphatic carbocycles. The van der Waals surface area contributed by atoms with Gasteiger partial charge in [0.15, 0.2) is 0 Å². The fourth-order valence-corrected chi connectivity index (χ4v) is 1.83. The molecule has 2 heterocycles. The molecule has 3 atom stereocenters.